The Bertz CT molecular complexity index is 485. The minimum atomic E-state index is -0.575. The predicted octanol–water partition coefficient (Wildman–Crippen LogP) is 3.02. The molecule has 0 saturated carbocycles. The molecule has 18 heavy (non-hydrogen) atoms. The molecule has 5 nitrogen and oxygen atoms in total. The van der Waals surface area contributed by atoms with Gasteiger partial charge < -0.3 is 4.74 Å². The molecule has 96 valence electrons. The Hall–Kier alpha value is -1.88. The van der Waals surface area contributed by atoms with Gasteiger partial charge in [0.2, 0.25) is 0 Å². The quantitative estimate of drug-likeness (QED) is 0.357. The Labute approximate surface area is 109 Å². The van der Waals surface area contributed by atoms with Crippen LogP contribution in [-0.2, 0) is 4.74 Å². The average molecular weight is 270 g/mol. The summed E-state index contributed by atoms with van der Waals surface area (Å²) in [7, 11) is 0. The molecule has 0 aromatic heterocycles. The van der Waals surface area contributed by atoms with Crippen molar-refractivity contribution >= 4 is 29.3 Å². The largest absolute Gasteiger partial charge is 0.462 e. The summed E-state index contributed by atoms with van der Waals surface area (Å²) in [6.07, 6.45) is 3.13. The monoisotopic (exact) mass is 269 g/mol. The van der Waals surface area contributed by atoms with Crippen LogP contribution in [0.3, 0.4) is 0 Å². The third kappa shape index (κ3) is 3.56. The lowest BCUT2D eigenvalue weighted by Crippen LogP contribution is -2.05. The first-order valence-corrected chi connectivity index (χ1v) is 5.81. The van der Waals surface area contributed by atoms with Gasteiger partial charge in [-0.15, -0.1) is 11.6 Å². The first-order valence-electron chi connectivity index (χ1n) is 5.28. The molecule has 0 aliphatic rings. The summed E-state index contributed by atoms with van der Waals surface area (Å²) in [5.41, 5.74) is 0.405. The second kappa shape index (κ2) is 6.76. The maximum absolute atomic E-state index is 11.5. The molecule has 0 saturated heterocycles. The molecule has 6 heteroatoms. The van der Waals surface area contributed by atoms with E-state index in [1.54, 1.807) is 19.1 Å². The summed E-state index contributed by atoms with van der Waals surface area (Å²) in [6, 6.07) is 4.18. The molecule has 0 atom stereocenters. The van der Waals surface area contributed by atoms with E-state index < -0.39 is 10.9 Å². The first kappa shape index (κ1) is 14.2. The van der Waals surface area contributed by atoms with Crippen molar-refractivity contribution < 1.29 is 14.5 Å². The number of ether oxygens (including phenoxy) is 1. The average Bonchev–Trinajstić information content (AvgIpc) is 2.36. The number of hydrogen-bond donors (Lipinski definition) is 0. The highest BCUT2D eigenvalue weighted by molar-refractivity contribution is 6.19. The van der Waals surface area contributed by atoms with Crippen LogP contribution in [0.4, 0.5) is 5.69 Å². The van der Waals surface area contributed by atoms with Crippen LogP contribution in [0.25, 0.3) is 6.08 Å². The number of nitrogens with zero attached hydrogens (tertiary/aromatic N) is 1. The number of benzene rings is 1. The molecule has 0 fully saturated rings. The third-order valence-corrected chi connectivity index (χ3v) is 2.30. The number of allylic oxidation sites excluding steroid dienone is 1. The van der Waals surface area contributed by atoms with Crippen molar-refractivity contribution in [2.45, 2.75) is 6.92 Å². The van der Waals surface area contributed by atoms with Gasteiger partial charge in [-0.2, -0.15) is 0 Å². The molecule has 1 aromatic carbocycles. The van der Waals surface area contributed by atoms with Gasteiger partial charge >= 0.3 is 5.97 Å². The van der Waals surface area contributed by atoms with E-state index in [4.69, 9.17) is 16.3 Å². The Morgan fingerprint density at radius 3 is 2.83 bits per heavy atom. The number of carbonyl (C=O) groups excluding carboxylic acids is 1. The zero-order valence-corrected chi connectivity index (χ0v) is 10.5. The molecule has 0 bridgehead atoms. The van der Waals surface area contributed by atoms with Crippen molar-refractivity contribution in [3.8, 4) is 0 Å². The highest BCUT2D eigenvalue weighted by Gasteiger charge is 2.16. The minimum Gasteiger partial charge on any atom is -0.462 e. The molecule has 0 N–H and O–H groups in total. The van der Waals surface area contributed by atoms with E-state index in [-0.39, 0.29) is 23.7 Å². The second-order valence-corrected chi connectivity index (χ2v) is 3.62. The zero-order chi connectivity index (χ0) is 13.5. The molecule has 1 aromatic rings. The number of hydrogen-bond acceptors (Lipinski definition) is 4. The van der Waals surface area contributed by atoms with Gasteiger partial charge in [-0.05, 0) is 19.1 Å². The smallest absolute Gasteiger partial charge is 0.338 e. The maximum Gasteiger partial charge on any atom is 0.338 e. The molecule has 0 aliphatic heterocycles. The van der Waals surface area contributed by atoms with Crippen LogP contribution < -0.4 is 0 Å². The lowest BCUT2D eigenvalue weighted by molar-refractivity contribution is -0.385. The Kier molecular flexibility index (Phi) is 5.32. The zero-order valence-electron chi connectivity index (χ0n) is 9.76. The molecule has 0 aliphatic carbocycles. The van der Waals surface area contributed by atoms with Gasteiger partial charge in [-0.1, -0.05) is 12.2 Å². The van der Waals surface area contributed by atoms with Crippen LogP contribution in [-0.4, -0.2) is 23.4 Å². The number of nitro groups is 1. The van der Waals surface area contributed by atoms with Crippen LogP contribution >= 0.6 is 11.6 Å². The van der Waals surface area contributed by atoms with Gasteiger partial charge in [0, 0.05) is 11.9 Å². The molecular formula is C12H12ClNO4. The van der Waals surface area contributed by atoms with Crippen LogP contribution in [0.5, 0.6) is 0 Å². The van der Waals surface area contributed by atoms with Gasteiger partial charge in [0.25, 0.3) is 5.69 Å². The van der Waals surface area contributed by atoms with Crippen molar-refractivity contribution in [2.75, 3.05) is 12.5 Å². The number of alkyl halides is 1. The Balaban J connectivity index is 3.14. The fourth-order valence-corrected chi connectivity index (χ4v) is 1.44. The normalized spacial score (nSPS) is 10.6. The molecule has 0 amide bonds. The van der Waals surface area contributed by atoms with Gasteiger partial charge in [-0.25, -0.2) is 4.79 Å². The Morgan fingerprint density at radius 1 is 1.56 bits per heavy atom. The third-order valence-electron chi connectivity index (χ3n) is 2.12. The summed E-state index contributed by atoms with van der Waals surface area (Å²) < 4.78 is 4.78. The van der Waals surface area contributed by atoms with E-state index in [1.807, 2.05) is 0 Å². The fourth-order valence-electron chi connectivity index (χ4n) is 1.36. The van der Waals surface area contributed by atoms with Crippen LogP contribution in [0.2, 0.25) is 0 Å². The summed E-state index contributed by atoms with van der Waals surface area (Å²) in [4.78, 5) is 21.8. The summed E-state index contributed by atoms with van der Waals surface area (Å²) in [5, 5.41) is 10.9. The molecule has 1 rings (SSSR count). The van der Waals surface area contributed by atoms with Crippen LogP contribution in [0, 0.1) is 10.1 Å². The maximum atomic E-state index is 11.5. The first-order chi connectivity index (χ1) is 8.60. The summed E-state index contributed by atoms with van der Waals surface area (Å²) >= 11 is 5.48. The van der Waals surface area contributed by atoms with Gasteiger partial charge in [-0.3, -0.25) is 10.1 Å². The molecule has 0 unspecified atom stereocenters. The van der Waals surface area contributed by atoms with E-state index in [0.717, 1.165) is 0 Å². The number of nitro benzene ring substituents is 1. The number of rotatable bonds is 5. The topological polar surface area (TPSA) is 69.4 Å². The van der Waals surface area contributed by atoms with Crippen LogP contribution in [0.15, 0.2) is 24.3 Å². The van der Waals surface area contributed by atoms with E-state index in [9.17, 15) is 14.9 Å². The van der Waals surface area contributed by atoms with E-state index in [1.165, 1.54) is 18.2 Å². The van der Waals surface area contributed by atoms with E-state index in [0.29, 0.717) is 5.56 Å². The summed E-state index contributed by atoms with van der Waals surface area (Å²) in [6.45, 7) is 1.89. The highest BCUT2D eigenvalue weighted by atomic mass is 35.5. The molecular weight excluding hydrogens is 258 g/mol. The van der Waals surface area contributed by atoms with E-state index >= 15 is 0 Å². The fraction of sp³-hybridized carbons (Fsp3) is 0.250. The number of esters is 1. The molecule has 0 spiro atoms. The lowest BCUT2D eigenvalue weighted by atomic mass is 10.1. The van der Waals surface area contributed by atoms with Gasteiger partial charge in [0.15, 0.2) is 0 Å². The number of halogens is 1. The minimum absolute atomic E-state index is 0.151. The van der Waals surface area contributed by atoms with Crippen molar-refractivity contribution in [3.05, 3.63) is 45.5 Å². The predicted molar refractivity (Wildman–Crippen MR) is 68.8 cm³/mol. The van der Waals surface area contributed by atoms with Crippen LogP contribution in [0.1, 0.15) is 22.8 Å². The second-order valence-electron chi connectivity index (χ2n) is 3.31. The number of carbonyl (C=O) groups is 1. The van der Waals surface area contributed by atoms with E-state index in [2.05, 4.69) is 0 Å². The Morgan fingerprint density at radius 2 is 2.28 bits per heavy atom. The van der Waals surface area contributed by atoms with Crippen molar-refractivity contribution in [1.29, 1.82) is 0 Å². The lowest BCUT2D eigenvalue weighted by Gasteiger charge is -2.03. The van der Waals surface area contributed by atoms with Gasteiger partial charge in [0.05, 0.1) is 22.7 Å². The molecule has 0 heterocycles. The highest BCUT2D eigenvalue weighted by Crippen LogP contribution is 2.22. The van der Waals surface area contributed by atoms with Crippen molar-refractivity contribution in [1.82, 2.24) is 0 Å². The van der Waals surface area contributed by atoms with Crippen molar-refractivity contribution in [2.24, 2.45) is 0 Å². The van der Waals surface area contributed by atoms with Gasteiger partial charge in [0.1, 0.15) is 0 Å². The SMILES string of the molecule is CCOC(=O)c1ccc(C=CCCl)c([N+](=O)[O-])c1. The van der Waals surface area contributed by atoms with Crippen molar-refractivity contribution in [3.63, 3.8) is 0 Å². The molecule has 0 radical (unpaired) electrons. The summed E-state index contributed by atoms with van der Waals surface area (Å²) in [5.74, 6) is -0.315. The standard InChI is InChI=1S/C12H12ClNO4/c1-2-18-12(15)10-6-5-9(4-3-7-13)11(8-10)14(16)17/h3-6,8H,2,7H2,1H3.